The normalized spacial score (nSPS) is 10.3. The fraction of sp³-hybridized carbons (Fsp3) is 0.250. The van der Waals surface area contributed by atoms with E-state index in [9.17, 15) is 9.59 Å². The molecule has 0 fully saturated rings. The Labute approximate surface area is 262 Å². The molecule has 0 amide bonds. The van der Waals surface area contributed by atoms with Crippen LogP contribution in [0.1, 0.15) is 43.0 Å². The molecule has 0 N–H and O–H groups in total. The fourth-order valence-electron chi connectivity index (χ4n) is 4.32. The van der Waals surface area contributed by atoms with Gasteiger partial charge >= 0.3 is 0 Å². The van der Waals surface area contributed by atoms with Crippen molar-refractivity contribution in [3.05, 3.63) is 94.3 Å². The molecule has 2 aromatic heterocycles. The molecule has 10 heteroatoms. The predicted molar refractivity (Wildman–Crippen MR) is 170 cm³/mol. The van der Waals surface area contributed by atoms with Gasteiger partial charge in [0.15, 0.2) is 11.6 Å². The van der Waals surface area contributed by atoms with E-state index in [1.807, 2.05) is 52.0 Å². The van der Waals surface area contributed by atoms with Crippen molar-refractivity contribution in [2.24, 2.45) is 0 Å². The molecule has 0 atom stereocenters. The molecule has 2 heterocycles. The zero-order valence-electron chi connectivity index (χ0n) is 24.3. The highest BCUT2D eigenvalue weighted by atomic mass is 79.9. The minimum absolute atomic E-state index is 0.0686. The van der Waals surface area contributed by atoms with Gasteiger partial charge in [0.1, 0.15) is 23.0 Å². The molecule has 0 radical (unpaired) electrons. The highest BCUT2D eigenvalue weighted by molar-refractivity contribution is 9.09. The summed E-state index contributed by atoms with van der Waals surface area (Å²) in [6, 6.07) is 14.4. The van der Waals surface area contributed by atoms with Gasteiger partial charge in [-0.1, -0.05) is 31.9 Å². The van der Waals surface area contributed by atoms with Crippen molar-refractivity contribution >= 4 is 43.4 Å². The minimum Gasteiger partial charge on any atom is -0.495 e. The Morgan fingerprint density at radius 2 is 0.929 bits per heavy atom. The maximum Gasteiger partial charge on any atom is 0.219 e. The van der Waals surface area contributed by atoms with E-state index in [1.165, 1.54) is 0 Å². The maximum atomic E-state index is 11.9. The molecule has 2 aromatic carbocycles. The number of nitrogens with zero attached hydrogens (tertiary/aromatic N) is 2. The van der Waals surface area contributed by atoms with Crippen molar-refractivity contribution in [3.8, 4) is 34.8 Å². The van der Waals surface area contributed by atoms with Crippen LogP contribution in [0.15, 0.2) is 60.9 Å². The number of carbonyl (C=O) groups excluding carboxylic acids is 2. The third-order valence-corrected chi connectivity index (χ3v) is 7.17. The number of aryl methyl sites for hydroxylation is 4. The van der Waals surface area contributed by atoms with Gasteiger partial charge in [-0.25, -0.2) is 9.97 Å². The Kier molecular flexibility index (Phi) is 12.1. The zero-order chi connectivity index (χ0) is 30.8. The van der Waals surface area contributed by atoms with Gasteiger partial charge in [-0.3, -0.25) is 9.59 Å². The lowest BCUT2D eigenvalue weighted by atomic mass is 9.99. The summed E-state index contributed by atoms with van der Waals surface area (Å²) in [5, 5.41) is 0.629. The highest BCUT2D eigenvalue weighted by Crippen LogP contribution is 2.28. The van der Waals surface area contributed by atoms with E-state index < -0.39 is 0 Å². The fourth-order valence-corrected chi connectivity index (χ4v) is 4.88. The highest BCUT2D eigenvalue weighted by Gasteiger charge is 2.14. The van der Waals surface area contributed by atoms with Gasteiger partial charge in [0.05, 0.1) is 37.3 Å². The number of alkyl halides is 2. The van der Waals surface area contributed by atoms with E-state index in [0.29, 0.717) is 45.4 Å². The van der Waals surface area contributed by atoms with Crippen LogP contribution < -0.4 is 18.9 Å². The van der Waals surface area contributed by atoms with E-state index in [-0.39, 0.29) is 11.6 Å². The van der Waals surface area contributed by atoms with Crippen LogP contribution in [0.25, 0.3) is 0 Å². The number of rotatable bonds is 10. The Hall–Kier alpha value is -3.76. The molecule has 0 aliphatic carbocycles. The number of ketones is 2. The second-order valence-corrected chi connectivity index (χ2v) is 10.4. The molecule has 0 saturated carbocycles. The van der Waals surface area contributed by atoms with Gasteiger partial charge < -0.3 is 18.9 Å². The predicted octanol–water partition coefficient (Wildman–Crippen LogP) is 8.15. The first-order valence-electron chi connectivity index (χ1n) is 12.9. The topological polar surface area (TPSA) is 96.8 Å². The first-order chi connectivity index (χ1) is 20.1. The first kappa shape index (κ1) is 32.8. The average molecular weight is 700 g/mol. The second kappa shape index (κ2) is 15.5. The summed E-state index contributed by atoms with van der Waals surface area (Å²) in [5.41, 5.74) is 5.04. The molecule has 4 rings (SSSR count). The number of Topliss-reactive ketones (excluding diaryl/α,β-unsaturated/α-hetero) is 2. The Bertz CT molecular complexity index is 1380. The van der Waals surface area contributed by atoms with Crippen molar-refractivity contribution in [1.29, 1.82) is 0 Å². The van der Waals surface area contributed by atoms with Crippen LogP contribution in [0.4, 0.5) is 0 Å². The van der Waals surface area contributed by atoms with Crippen LogP contribution in [0, 0.1) is 27.7 Å². The van der Waals surface area contributed by atoms with Crippen molar-refractivity contribution in [1.82, 2.24) is 9.97 Å². The molecule has 0 unspecified atom stereocenters. The van der Waals surface area contributed by atoms with E-state index in [0.717, 1.165) is 33.4 Å². The molecule has 0 aliphatic rings. The van der Waals surface area contributed by atoms with Crippen LogP contribution in [-0.4, -0.2) is 46.4 Å². The van der Waals surface area contributed by atoms with Crippen LogP contribution >= 0.6 is 31.9 Å². The monoisotopic (exact) mass is 698 g/mol. The summed E-state index contributed by atoms with van der Waals surface area (Å²) in [7, 11) is 3.17. The van der Waals surface area contributed by atoms with Crippen LogP contribution in [0.2, 0.25) is 0 Å². The molecule has 42 heavy (non-hydrogen) atoms. The summed E-state index contributed by atoms with van der Waals surface area (Å²) in [4.78, 5) is 32.1. The summed E-state index contributed by atoms with van der Waals surface area (Å²) in [5.74, 6) is 3.77. The molecule has 220 valence electrons. The number of halogens is 2. The van der Waals surface area contributed by atoms with Crippen molar-refractivity contribution in [3.63, 3.8) is 0 Å². The number of benzene rings is 2. The van der Waals surface area contributed by atoms with E-state index in [4.69, 9.17) is 18.9 Å². The van der Waals surface area contributed by atoms with Gasteiger partial charge in [0.25, 0.3) is 0 Å². The summed E-state index contributed by atoms with van der Waals surface area (Å²) < 4.78 is 21.5. The van der Waals surface area contributed by atoms with E-state index in [2.05, 4.69) is 41.8 Å². The lowest BCUT2D eigenvalue weighted by Crippen LogP contribution is -2.06. The number of carbonyl (C=O) groups is 2. The van der Waals surface area contributed by atoms with E-state index >= 15 is 0 Å². The Morgan fingerprint density at radius 1 is 0.595 bits per heavy atom. The third kappa shape index (κ3) is 8.62. The zero-order valence-corrected chi connectivity index (χ0v) is 27.5. The van der Waals surface area contributed by atoms with Gasteiger partial charge in [-0.05, 0) is 86.3 Å². The maximum absolute atomic E-state index is 11.9. The Balaban J connectivity index is 0.000000230. The summed E-state index contributed by atoms with van der Waals surface area (Å²) >= 11 is 6.41. The average Bonchev–Trinajstić information content (AvgIpc) is 2.97. The number of hydrogen-bond donors (Lipinski definition) is 0. The van der Waals surface area contributed by atoms with Crippen LogP contribution in [0.5, 0.6) is 34.8 Å². The minimum atomic E-state index is 0.0686. The molecule has 0 aliphatic heterocycles. The molecule has 0 spiro atoms. The van der Waals surface area contributed by atoms with Crippen LogP contribution in [-0.2, 0) is 0 Å². The number of hydrogen-bond acceptors (Lipinski definition) is 8. The van der Waals surface area contributed by atoms with Crippen LogP contribution in [0.3, 0.4) is 0 Å². The molecule has 8 nitrogen and oxygen atoms in total. The molecule has 4 aromatic rings. The number of aromatic nitrogens is 2. The number of methoxy groups -OCH3 is 2. The summed E-state index contributed by atoms with van der Waals surface area (Å²) in [6.07, 6.45) is 3.19. The van der Waals surface area contributed by atoms with Crippen molar-refractivity contribution in [2.45, 2.75) is 27.7 Å². The first-order valence-corrected chi connectivity index (χ1v) is 15.1. The van der Waals surface area contributed by atoms with Gasteiger partial charge in [-0.2, -0.15) is 0 Å². The smallest absolute Gasteiger partial charge is 0.219 e. The van der Waals surface area contributed by atoms with Gasteiger partial charge in [-0.15, -0.1) is 0 Å². The van der Waals surface area contributed by atoms with Crippen molar-refractivity contribution in [2.75, 3.05) is 24.9 Å². The molecular weight excluding hydrogens is 668 g/mol. The SMILES string of the molecule is COc1ccc(Oc2cc(C)c(C(=O)CBr)c(C)c2)nc1.COc1ccc(Oc2cc(C)c(C(=O)CBr)c(C)c2)nc1. The molecule has 0 bridgehead atoms. The third-order valence-electron chi connectivity index (χ3n) is 6.15. The second-order valence-electron chi connectivity index (χ2n) is 9.25. The lowest BCUT2D eigenvalue weighted by molar-refractivity contribution is 0.101. The quantitative estimate of drug-likeness (QED) is 0.121. The van der Waals surface area contributed by atoms with Gasteiger partial charge in [0.2, 0.25) is 11.8 Å². The van der Waals surface area contributed by atoms with E-state index in [1.54, 1.807) is 50.9 Å². The largest absolute Gasteiger partial charge is 0.495 e. The number of ether oxygens (including phenoxy) is 4. The molecular formula is C32H32Br2N2O6. The lowest BCUT2D eigenvalue weighted by Gasteiger charge is -2.11. The standard InChI is InChI=1S/2C16H16BrNO3/c2*1-10-6-13(7-11(2)16(10)14(19)8-17)21-15-5-4-12(20-3)9-18-15/h2*4-7,9H,8H2,1-3H3. The summed E-state index contributed by atoms with van der Waals surface area (Å²) in [6.45, 7) is 7.60. The number of pyridine rings is 2. The molecule has 0 saturated heterocycles. The Morgan fingerprint density at radius 3 is 1.17 bits per heavy atom. The van der Waals surface area contributed by atoms with Crippen molar-refractivity contribution < 1.29 is 28.5 Å². The van der Waals surface area contributed by atoms with Gasteiger partial charge in [0, 0.05) is 23.3 Å².